The number of hydrogen-bond acceptors (Lipinski definition) is 7. The molecule has 0 amide bonds. The van der Waals surface area contributed by atoms with Crippen molar-refractivity contribution in [1.29, 1.82) is 0 Å². The second-order valence-electron chi connectivity index (χ2n) is 5.62. The molecule has 2 aliphatic heterocycles. The molecule has 1 aromatic carbocycles. The maximum Gasteiger partial charge on any atom is 0.317 e. The van der Waals surface area contributed by atoms with Crippen molar-refractivity contribution in [2.75, 3.05) is 0 Å². The average molecular weight is 348 g/mol. The Morgan fingerprint density at radius 1 is 1.35 bits per heavy atom. The molecule has 0 saturated heterocycles. The molecule has 118 valence electrons. The molecule has 0 bridgehead atoms. The third kappa shape index (κ3) is 1.91. The molecular weight excluding hydrogens is 338 g/mol. The van der Waals surface area contributed by atoms with Crippen LogP contribution in [0.5, 0.6) is 5.75 Å². The highest BCUT2D eigenvalue weighted by Gasteiger charge is 2.55. The van der Waals surface area contributed by atoms with Crippen LogP contribution in [-0.2, 0) is 9.59 Å². The zero-order valence-corrected chi connectivity index (χ0v) is 13.5. The number of thiazole rings is 1. The summed E-state index contributed by atoms with van der Waals surface area (Å²) < 4.78 is 3.82. The van der Waals surface area contributed by atoms with Crippen molar-refractivity contribution in [2.24, 2.45) is 5.92 Å². The summed E-state index contributed by atoms with van der Waals surface area (Å²) in [5, 5.41) is 12.3. The lowest BCUT2D eigenvalue weighted by Gasteiger charge is -2.45. The van der Waals surface area contributed by atoms with Gasteiger partial charge in [-0.1, -0.05) is 41.3 Å². The minimum atomic E-state index is -1.52. The van der Waals surface area contributed by atoms with E-state index in [0.717, 1.165) is 23.1 Å². The molecule has 0 fully saturated rings. The van der Waals surface area contributed by atoms with E-state index in [1.54, 1.807) is 24.3 Å². The fourth-order valence-corrected chi connectivity index (χ4v) is 5.64. The number of carboxylic acids is 1. The van der Waals surface area contributed by atoms with Gasteiger partial charge in [0.25, 0.3) is 0 Å². The third-order valence-corrected chi connectivity index (χ3v) is 6.75. The number of H-pyrrole nitrogens is 1. The summed E-state index contributed by atoms with van der Waals surface area (Å²) in [5.41, 5.74) is 0.710. The number of rotatable bonds is 1. The fourth-order valence-electron chi connectivity index (χ4n) is 3.20. The molecule has 1 aromatic heterocycles. The minimum absolute atomic E-state index is 0.278. The molecule has 2 aromatic rings. The Morgan fingerprint density at radius 2 is 2.09 bits per heavy atom. The van der Waals surface area contributed by atoms with Crippen molar-refractivity contribution in [3.8, 4) is 5.75 Å². The van der Waals surface area contributed by atoms with E-state index < -0.39 is 28.5 Å². The van der Waals surface area contributed by atoms with E-state index in [9.17, 15) is 19.5 Å². The van der Waals surface area contributed by atoms with Crippen LogP contribution in [0.25, 0.3) is 0 Å². The van der Waals surface area contributed by atoms with Gasteiger partial charge in [-0.25, -0.2) is 0 Å². The first-order valence-electron chi connectivity index (χ1n) is 6.86. The highest BCUT2D eigenvalue weighted by atomic mass is 32.2. The quantitative estimate of drug-likeness (QED) is 0.602. The highest BCUT2D eigenvalue weighted by Crippen LogP contribution is 2.57. The zero-order chi connectivity index (χ0) is 16.4. The monoisotopic (exact) mass is 348 g/mol. The molecule has 23 heavy (non-hydrogen) atoms. The van der Waals surface area contributed by atoms with Crippen LogP contribution < -0.4 is 14.7 Å². The lowest BCUT2D eigenvalue weighted by Crippen LogP contribution is -2.56. The normalized spacial score (nSPS) is 28.3. The van der Waals surface area contributed by atoms with Crippen molar-refractivity contribution in [3.05, 3.63) is 44.4 Å². The van der Waals surface area contributed by atoms with Crippen LogP contribution in [0, 0.1) is 5.92 Å². The van der Waals surface area contributed by atoms with E-state index in [0.29, 0.717) is 21.2 Å². The Labute approximate surface area is 138 Å². The van der Waals surface area contributed by atoms with Gasteiger partial charge in [0.1, 0.15) is 5.75 Å². The zero-order valence-electron chi connectivity index (χ0n) is 11.8. The summed E-state index contributed by atoms with van der Waals surface area (Å²) in [4.78, 5) is 39.1. The lowest BCUT2D eigenvalue weighted by atomic mass is 9.75. The number of nitrogens with one attached hydrogen (secondary N) is 1. The SMILES string of the molecule is C[C@@]1(C(=O)[O-])Sc2[nH]c(=O)sc2[C@@H]2c3ccccc3OC(=O)[C@@H]21. The number of aliphatic carboxylic acids is 1. The average Bonchev–Trinajstić information content (AvgIpc) is 2.86. The molecule has 0 aliphatic carbocycles. The Kier molecular flexibility index (Phi) is 2.98. The van der Waals surface area contributed by atoms with Crippen LogP contribution in [0.1, 0.15) is 23.3 Å². The van der Waals surface area contributed by atoms with Crippen LogP contribution in [-0.4, -0.2) is 21.7 Å². The van der Waals surface area contributed by atoms with Gasteiger partial charge in [-0.15, -0.1) is 0 Å². The molecule has 3 atom stereocenters. The number of carbonyl (C=O) groups is 2. The van der Waals surface area contributed by atoms with Crippen LogP contribution >= 0.6 is 23.1 Å². The van der Waals surface area contributed by atoms with E-state index in [1.165, 1.54) is 6.92 Å². The van der Waals surface area contributed by atoms with E-state index >= 15 is 0 Å². The van der Waals surface area contributed by atoms with Crippen LogP contribution in [0.4, 0.5) is 0 Å². The predicted molar refractivity (Wildman–Crippen MR) is 81.6 cm³/mol. The number of ether oxygens (including phenoxy) is 1. The number of aromatic nitrogens is 1. The molecule has 4 rings (SSSR count). The highest BCUT2D eigenvalue weighted by molar-refractivity contribution is 8.01. The Balaban J connectivity index is 2.03. The number of fused-ring (bicyclic) bond motifs is 5. The molecule has 0 spiro atoms. The van der Waals surface area contributed by atoms with Gasteiger partial charge >= 0.3 is 10.8 Å². The summed E-state index contributed by atoms with van der Waals surface area (Å²) in [6.07, 6.45) is 0. The largest absolute Gasteiger partial charge is 0.549 e. The minimum Gasteiger partial charge on any atom is -0.549 e. The third-order valence-electron chi connectivity index (χ3n) is 4.29. The number of para-hydroxylation sites is 1. The van der Waals surface area contributed by atoms with Gasteiger partial charge in [0.05, 0.1) is 21.7 Å². The second kappa shape index (κ2) is 4.72. The molecular formula is C15H10NO5S2-. The number of aromatic amines is 1. The Morgan fingerprint density at radius 3 is 2.83 bits per heavy atom. The molecule has 0 unspecified atom stereocenters. The molecule has 6 nitrogen and oxygen atoms in total. The molecule has 2 aliphatic rings. The van der Waals surface area contributed by atoms with E-state index in [2.05, 4.69) is 4.98 Å². The summed E-state index contributed by atoms with van der Waals surface area (Å²) in [6, 6.07) is 6.99. The van der Waals surface area contributed by atoms with Crippen molar-refractivity contribution < 1.29 is 19.4 Å². The second-order valence-corrected chi connectivity index (χ2v) is 8.09. The molecule has 0 saturated carbocycles. The Hall–Kier alpha value is -2.06. The number of hydrogen-bond donors (Lipinski definition) is 1. The van der Waals surface area contributed by atoms with Gasteiger partial charge in [0.2, 0.25) is 0 Å². The van der Waals surface area contributed by atoms with Gasteiger partial charge in [-0.05, 0) is 13.0 Å². The van der Waals surface area contributed by atoms with Gasteiger partial charge in [0, 0.05) is 16.4 Å². The van der Waals surface area contributed by atoms with Crippen molar-refractivity contribution in [2.45, 2.75) is 22.6 Å². The van der Waals surface area contributed by atoms with Gasteiger partial charge in [-0.3, -0.25) is 9.59 Å². The molecule has 3 heterocycles. The van der Waals surface area contributed by atoms with Crippen molar-refractivity contribution in [1.82, 2.24) is 4.98 Å². The number of carbonyl (C=O) groups excluding carboxylic acids is 2. The fraction of sp³-hybridized carbons (Fsp3) is 0.267. The smallest absolute Gasteiger partial charge is 0.317 e. The van der Waals surface area contributed by atoms with E-state index in [1.807, 2.05) is 0 Å². The van der Waals surface area contributed by atoms with Gasteiger partial charge < -0.3 is 19.6 Å². The van der Waals surface area contributed by atoms with Crippen LogP contribution in [0.3, 0.4) is 0 Å². The maximum atomic E-state index is 12.5. The van der Waals surface area contributed by atoms with Gasteiger partial charge in [-0.2, -0.15) is 0 Å². The standard InChI is InChI=1S/C15H11NO5S2/c1-15(13(18)19)9-8(10-11(23-15)16-14(20)22-10)6-4-2-3-5-7(6)21-12(9)17/h2-5,8-9H,1H3,(H,16,20)(H,18,19)/p-1/t8-,9-,15-/m1/s1. The number of benzene rings is 1. The van der Waals surface area contributed by atoms with Gasteiger partial charge in [0.15, 0.2) is 0 Å². The van der Waals surface area contributed by atoms with Crippen molar-refractivity contribution in [3.63, 3.8) is 0 Å². The van der Waals surface area contributed by atoms with Crippen molar-refractivity contribution >= 4 is 35.0 Å². The first-order chi connectivity index (χ1) is 10.9. The van der Waals surface area contributed by atoms with Crippen LogP contribution in [0.2, 0.25) is 0 Å². The van der Waals surface area contributed by atoms with Crippen LogP contribution in [0.15, 0.2) is 34.1 Å². The number of carboxylic acid groups (broad SMARTS) is 1. The summed E-state index contributed by atoms with van der Waals surface area (Å²) in [7, 11) is 0. The van der Waals surface area contributed by atoms with E-state index in [-0.39, 0.29) is 4.87 Å². The first kappa shape index (κ1) is 14.5. The Bertz CT molecular complexity index is 901. The lowest BCUT2D eigenvalue weighted by molar-refractivity contribution is -0.310. The summed E-state index contributed by atoms with van der Waals surface area (Å²) in [6.45, 7) is 1.44. The number of esters is 1. The maximum absolute atomic E-state index is 12.5. The molecule has 1 N–H and O–H groups in total. The van der Waals surface area contributed by atoms with E-state index in [4.69, 9.17) is 4.74 Å². The molecule has 0 radical (unpaired) electrons. The topological polar surface area (TPSA) is 99.3 Å². The predicted octanol–water partition coefficient (Wildman–Crippen LogP) is 0.718. The number of thioether (sulfide) groups is 1. The summed E-state index contributed by atoms with van der Waals surface area (Å²) >= 11 is 1.95. The first-order valence-corrected chi connectivity index (χ1v) is 8.49. The molecule has 8 heteroatoms. The summed E-state index contributed by atoms with van der Waals surface area (Å²) in [5.74, 6) is -3.05.